The van der Waals surface area contributed by atoms with Gasteiger partial charge in [-0.15, -0.1) is 0 Å². The highest BCUT2D eigenvalue weighted by Crippen LogP contribution is 2.77. The average Bonchev–Trinajstić information content (AvgIpc) is 3.37. The van der Waals surface area contributed by atoms with Gasteiger partial charge in [0.05, 0.1) is 28.6 Å². The molecule has 0 aliphatic heterocycles. The molecule has 5 aliphatic carbocycles. The maximum absolute atomic E-state index is 14.1. The van der Waals surface area contributed by atoms with Crippen LogP contribution in [0.4, 0.5) is 0 Å². The van der Waals surface area contributed by atoms with Gasteiger partial charge in [-0.25, -0.2) is 0 Å². The van der Waals surface area contributed by atoms with Crippen molar-refractivity contribution in [1.82, 2.24) is 10.3 Å². The number of carboxylic acid groups (broad SMARTS) is 1. The van der Waals surface area contributed by atoms with E-state index in [1.165, 1.54) is 0 Å². The third-order valence-corrected chi connectivity index (χ3v) is 16.8. The van der Waals surface area contributed by atoms with Gasteiger partial charge in [0.15, 0.2) is 0 Å². The number of aliphatic carboxylic acids is 1. The van der Waals surface area contributed by atoms with Gasteiger partial charge in [0.1, 0.15) is 11.9 Å². The van der Waals surface area contributed by atoms with E-state index in [2.05, 4.69) is 64.8 Å². The minimum absolute atomic E-state index is 0.0261. The number of aromatic nitrogens is 1. The summed E-state index contributed by atoms with van der Waals surface area (Å²) in [6.07, 6.45) is 13.6. The maximum Gasteiger partial charge on any atom is 0.309 e. The second-order valence-corrected chi connectivity index (χ2v) is 20.9. The fourth-order valence-corrected chi connectivity index (χ4v) is 13.7. The second kappa shape index (κ2) is 14.0. The number of ether oxygens (including phenoxy) is 1. The van der Waals surface area contributed by atoms with Crippen molar-refractivity contribution in [1.29, 1.82) is 0 Å². The van der Waals surface area contributed by atoms with Crippen molar-refractivity contribution >= 4 is 35.2 Å². The van der Waals surface area contributed by atoms with Gasteiger partial charge >= 0.3 is 11.9 Å². The van der Waals surface area contributed by atoms with Gasteiger partial charge in [-0.2, -0.15) is 0 Å². The Morgan fingerprint density at radius 3 is 2.31 bits per heavy atom. The number of rotatable bonds is 9. The Hall–Kier alpha value is -2.74. The van der Waals surface area contributed by atoms with E-state index in [1.54, 1.807) is 32.2 Å². The zero-order valence-corrected chi connectivity index (χ0v) is 35.1. The normalized spacial score (nSPS) is 39.2. The standard InChI is InChI=1S/C45H65ClN2O6/c1-26(2)37-31(49)23-45(20-17-35(50)48-27(3)30-13-11-28(46)25-47-30)22-21-43(9)29(38(37)45)12-14-33-42(8)18-16-34(54-36(51)24-40(4,5)39(52)53)41(6,7)32(42)15-19-44(33,43)10/h11,13,17,20,25-27,29,32-34,37-38H,12,14-16,18-19,21-24H2,1-10H3,(H,48,50)(H,52,53)/b20-17+/t27-,29+,32+,33-,34+,37?,38?,42+,43-,44-,45+/m1/s1. The summed E-state index contributed by atoms with van der Waals surface area (Å²) in [6, 6.07) is 3.33. The predicted molar refractivity (Wildman–Crippen MR) is 210 cm³/mol. The van der Waals surface area contributed by atoms with Crippen LogP contribution >= 0.6 is 11.6 Å². The predicted octanol–water partition coefficient (Wildman–Crippen LogP) is 9.80. The number of halogens is 1. The van der Waals surface area contributed by atoms with Crippen LogP contribution in [-0.2, 0) is 23.9 Å². The van der Waals surface area contributed by atoms with E-state index < -0.39 is 17.4 Å². The molecule has 1 heterocycles. The lowest BCUT2D eigenvalue weighted by molar-refractivity contribution is -0.249. The van der Waals surface area contributed by atoms with Crippen LogP contribution in [0.25, 0.3) is 0 Å². The highest BCUT2D eigenvalue weighted by Gasteiger charge is 2.71. The highest BCUT2D eigenvalue weighted by atomic mass is 35.5. The number of allylic oxidation sites excluding steroid dienone is 1. The number of pyridine rings is 1. The molecule has 0 saturated heterocycles. The van der Waals surface area contributed by atoms with Crippen LogP contribution in [0.1, 0.15) is 145 Å². The van der Waals surface area contributed by atoms with Gasteiger partial charge in [0.25, 0.3) is 0 Å². The Morgan fingerprint density at radius 1 is 0.981 bits per heavy atom. The number of carbonyl (C=O) groups excluding carboxylic acids is 3. The van der Waals surface area contributed by atoms with Crippen LogP contribution in [0.15, 0.2) is 30.5 Å². The molecule has 298 valence electrons. The molecule has 2 unspecified atom stereocenters. The topological polar surface area (TPSA) is 123 Å². The monoisotopic (exact) mass is 764 g/mol. The van der Waals surface area contributed by atoms with Gasteiger partial charge in [-0.05, 0) is 142 Å². The molecule has 5 aliphatic rings. The van der Waals surface area contributed by atoms with Gasteiger partial charge in [-0.3, -0.25) is 24.2 Å². The number of esters is 1. The van der Waals surface area contributed by atoms with Crippen molar-refractivity contribution in [2.75, 3.05) is 0 Å². The number of fused-ring (bicyclic) bond motifs is 7. The number of amides is 1. The lowest BCUT2D eigenvalue weighted by atomic mass is 9.32. The summed E-state index contributed by atoms with van der Waals surface area (Å²) in [4.78, 5) is 56.7. The smallest absolute Gasteiger partial charge is 0.309 e. The van der Waals surface area contributed by atoms with Gasteiger partial charge < -0.3 is 15.2 Å². The summed E-state index contributed by atoms with van der Waals surface area (Å²) in [6.45, 7) is 21.7. The Bertz CT molecular complexity index is 1690. The van der Waals surface area contributed by atoms with Crippen molar-refractivity contribution in [3.63, 3.8) is 0 Å². The van der Waals surface area contributed by atoms with Crippen molar-refractivity contribution in [3.8, 4) is 0 Å². The van der Waals surface area contributed by atoms with Crippen LogP contribution in [0, 0.1) is 68.0 Å². The number of carboxylic acids is 1. The first kappa shape index (κ1) is 40.9. The minimum Gasteiger partial charge on any atom is -0.481 e. The Kier molecular flexibility index (Phi) is 10.6. The number of ketones is 1. The third-order valence-electron chi connectivity index (χ3n) is 16.6. The number of nitrogens with zero attached hydrogens (tertiary/aromatic N) is 1. The molecular weight excluding hydrogens is 700 g/mol. The number of nitrogens with one attached hydrogen (secondary N) is 1. The summed E-state index contributed by atoms with van der Waals surface area (Å²) >= 11 is 6.03. The van der Waals surface area contributed by atoms with Gasteiger partial charge in [0.2, 0.25) is 5.91 Å². The Balaban J connectivity index is 1.25. The van der Waals surface area contributed by atoms with Crippen LogP contribution in [0.3, 0.4) is 0 Å². The van der Waals surface area contributed by atoms with E-state index in [0.717, 1.165) is 57.1 Å². The van der Waals surface area contributed by atoms with Crippen molar-refractivity contribution in [3.05, 3.63) is 41.2 Å². The maximum atomic E-state index is 14.1. The molecule has 0 spiro atoms. The molecule has 0 radical (unpaired) electrons. The molecule has 54 heavy (non-hydrogen) atoms. The molecule has 11 atom stereocenters. The molecule has 5 fully saturated rings. The number of hydrogen-bond acceptors (Lipinski definition) is 6. The summed E-state index contributed by atoms with van der Waals surface area (Å²) in [5.74, 6) is 0.398. The molecule has 8 nitrogen and oxygen atoms in total. The molecule has 6 rings (SSSR count). The van der Waals surface area contributed by atoms with Crippen LogP contribution in [0.2, 0.25) is 5.02 Å². The first-order chi connectivity index (χ1) is 25.0. The molecule has 0 bridgehead atoms. The second-order valence-electron chi connectivity index (χ2n) is 20.5. The van der Waals surface area contributed by atoms with E-state index in [0.29, 0.717) is 35.0 Å². The third kappa shape index (κ3) is 6.56. The molecule has 5 saturated carbocycles. The lowest BCUT2D eigenvalue weighted by Gasteiger charge is -2.73. The number of hydrogen-bond donors (Lipinski definition) is 2. The van der Waals surface area contributed by atoms with Crippen LogP contribution in [-0.4, -0.2) is 39.8 Å². The minimum atomic E-state index is -1.17. The first-order valence-corrected chi connectivity index (χ1v) is 21.0. The molecule has 1 amide bonds. The molecule has 1 aromatic heterocycles. The Labute approximate surface area is 328 Å². The quantitative estimate of drug-likeness (QED) is 0.190. The zero-order chi connectivity index (χ0) is 39.8. The summed E-state index contributed by atoms with van der Waals surface area (Å²) < 4.78 is 6.17. The van der Waals surface area contributed by atoms with Crippen molar-refractivity contribution in [2.45, 2.75) is 146 Å². The van der Waals surface area contributed by atoms with E-state index in [-0.39, 0.29) is 69.3 Å². The molecule has 0 aromatic carbocycles. The number of Topliss-reactive ketones (excluding diaryl/α,β-unsaturated/α-hetero) is 1. The van der Waals surface area contributed by atoms with Gasteiger partial charge in [-0.1, -0.05) is 66.1 Å². The average molecular weight is 765 g/mol. The molecule has 1 aromatic rings. The fourth-order valence-electron chi connectivity index (χ4n) is 13.6. The molecular formula is C45H65ClN2O6. The van der Waals surface area contributed by atoms with Crippen LogP contribution in [0.5, 0.6) is 0 Å². The largest absolute Gasteiger partial charge is 0.481 e. The Morgan fingerprint density at radius 2 is 1.69 bits per heavy atom. The van der Waals surface area contributed by atoms with Crippen molar-refractivity contribution < 1.29 is 29.0 Å². The lowest BCUT2D eigenvalue weighted by Crippen LogP contribution is -2.66. The van der Waals surface area contributed by atoms with E-state index in [1.807, 2.05) is 13.0 Å². The van der Waals surface area contributed by atoms with Gasteiger partial charge in [0, 0.05) is 24.0 Å². The van der Waals surface area contributed by atoms with E-state index in [9.17, 15) is 24.3 Å². The summed E-state index contributed by atoms with van der Waals surface area (Å²) in [7, 11) is 0. The summed E-state index contributed by atoms with van der Waals surface area (Å²) in [5.41, 5.74) is -0.823. The van der Waals surface area contributed by atoms with Crippen molar-refractivity contribution in [2.24, 2.45) is 68.0 Å². The summed E-state index contributed by atoms with van der Waals surface area (Å²) in [5, 5.41) is 13.2. The van der Waals surface area contributed by atoms with E-state index in [4.69, 9.17) is 16.3 Å². The first-order valence-electron chi connectivity index (χ1n) is 20.6. The highest BCUT2D eigenvalue weighted by molar-refractivity contribution is 6.30. The SMILES string of the molecule is CC(C)C1C(=O)C[C@]2(/C=C/C(=O)N[C@H](C)c3ccc(Cl)cn3)CC[C@]3(C)[C@@H](CC[C@@H]4[C@@]5(C)CC[C@H](OC(=O)CC(C)(C)C(=O)O)C(C)(C)[C@@H]5CC[C@]43C)C12. The fraction of sp³-hybridized carbons (Fsp3) is 0.756. The number of carbonyl (C=O) groups is 4. The molecule has 2 N–H and O–H groups in total. The molecule has 9 heteroatoms. The van der Waals surface area contributed by atoms with E-state index >= 15 is 0 Å². The van der Waals surface area contributed by atoms with Crippen LogP contribution < -0.4 is 5.32 Å². The zero-order valence-electron chi connectivity index (χ0n) is 34.4.